The summed E-state index contributed by atoms with van der Waals surface area (Å²) in [6, 6.07) is 16.1. The molecule has 7 heteroatoms. The summed E-state index contributed by atoms with van der Waals surface area (Å²) in [5.41, 5.74) is 3.16. The Hall–Kier alpha value is -3.48. The van der Waals surface area contributed by atoms with E-state index in [4.69, 9.17) is 14.5 Å². The van der Waals surface area contributed by atoms with Crippen LogP contribution >= 0.6 is 0 Å². The highest BCUT2D eigenvalue weighted by Gasteiger charge is 2.09. The topological polar surface area (TPSA) is 71.0 Å². The fourth-order valence-corrected chi connectivity index (χ4v) is 3.18. The van der Waals surface area contributed by atoms with Crippen LogP contribution < -0.4 is 25.0 Å². The molecule has 0 spiro atoms. The maximum Gasteiger partial charge on any atom is 0.191 e. The van der Waals surface area contributed by atoms with Crippen molar-refractivity contribution in [1.29, 1.82) is 0 Å². The minimum absolute atomic E-state index is 0.576. The number of nitrogens with one attached hydrogen (secondary N) is 2. The lowest BCUT2D eigenvalue weighted by Crippen LogP contribution is -2.36. The van der Waals surface area contributed by atoms with Crippen LogP contribution in [-0.2, 0) is 13.1 Å². The number of aromatic nitrogens is 1. The summed E-state index contributed by atoms with van der Waals surface area (Å²) in [4.78, 5) is 11.1. The van der Waals surface area contributed by atoms with Crippen LogP contribution in [0.5, 0.6) is 11.5 Å². The van der Waals surface area contributed by atoms with Crippen LogP contribution in [0.25, 0.3) is 10.9 Å². The predicted molar refractivity (Wildman–Crippen MR) is 123 cm³/mol. The molecule has 7 nitrogen and oxygen atoms in total. The van der Waals surface area contributed by atoms with Crippen molar-refractivity contribution < 1.29 is 9.47 Å². The summed E-state index contributed by atoms with van der Waals surface area (Å²) < 4.78 is 10.7. The Labute approximate surface area is 177 Å². The Morgan fingerprint density at radius 2 is 1.70 bits per heavy atom. The fraction of sp³-hybridized carbons (Fsp3) is 0.304. The molecule has 3 aromatic rings. The minimum atomic E-state index is 0.576. The molecular weight excluding hydrogens is 378 g/mol. The molecule has 1 heterocycles. The second kappa shape index (κ2) is 9.82. The summed E-state index contributed by atoms with van der Waals surface area (Å²) in [7, 11) is 9.05. The summed E-state index contributed by atoms with van der Waals surface area (Å²) >= 11 is 0. The molecule has 0 fully saturated rings. The standard InChI is InChI=1S/C23H29N5O2/c1-24-23(25-14-16-10-11-18(29-4)13-21(16)30-5)26-15-17-12-22(28(2)3)27-20-9-7-6-8-19(17)20/h6-13H,14-15H2,1-5H3,(H2,24,25,26). The molecule has 3 rings (SSSR count). The molecule has 0 amide bonds. The van der Waals surface area contributed by atoms with Crippen LogP contribution in [0.2, 0.25) is 0 Å². The van der Waals surface area contributed by atoms with Gasteiger partial charge in [0.25, 0.3) is 0 Å². The Bertz CT molecular complexity index is 1030. The molecule has 0 aliphatic rings. The van der Waals surface area contributed by atoms with E-state index in [1.165, 1.54) is 0 Å². The van der Waals surface area contributed by atoms with Crippen molar-refractivity contribution in [3.8, 4) is 11.5 Å². The lowest BCUT2D eigenvalue weighted by Gasteiger charge is -2.17. The van der Waals surface area contributed by atoms with Crippen LogP contribution in [0, 0.1) is 0 Å². The molecule has 0 aliphatic heterocycles. The average molecular weight is 408 g/mol. The molecule has 0 saturated carbocycles. The second-order valence-electron chi connectivity index (χ2n) is 7.01. The monoisotopic (exact) mass is 407 g/mol. The van der Waals surface area contributed by atoms with E-state index in [1.807, 2.05) is 55.4 Å². The second-order valence-corrected chi connectivity index (χ2v) is 7.01. The first-order valence-corrected chi connectivity index (χ1v) is 9.77. The number of anilines is 1. The molecule has 1 aromatic heterocycles. The molecule has 158 valence electrons. The third-order valence-corrected chi connectivity index (χ3v) is 4.86. The van der Waals surface area contributed by atoms with Gasteiger partial charge in [0, 0.05) is 51.2 Å². The van der Waals surface area contributed by atoms with Gasteiger partial charge in [0.1, 0.15) is 17.3 Å². The Balaban J connectivity index is 1.72. The first kappa shape index (κ1) is 21.2. The van der Waals surface area contributed by atoms with E-state index in [-0.39, 0.29) is 0 Å². The number of hydrogen-bond donors (Lipinski definition) is 2. The first-order chi connectivity index (χ1) is 14.5. The van der Waals surface area contributed by atoms with Crippen LogP contribution in [0.3, 0.4) is 0 Å². The van der Waals surface area contributed by atoms with E-state index in [1.54, 1.807) is 21.3 Å². The van der Waals surface area contributed by atoms with Crippen LogP contribution in [0.4, 0.5) is 5.82 Å². The van der Waals surface area contributed by atoms with E-state index in [2.05, 4.69) is 27.8 Å². The number of rotatable bonds is 7. The highest BCUT2D eigenvalue weighted by Crippen LogP contribution is 2.24. The van der Waals surface area contributed by atoms with Gasteiger partial charge in [-0.3, -0.25) is 4.99 Å². The van der Waals surface area contributed by atoms with Gasteiger partial charge < -0.3 is 25.0 Å². The number of benzene rings is 2. The van der Waals surface area contributed by atoms with Gasteiger partial charge in [0.15, 0.2) is 5.96 Å². The largest absolute Gasteiger partial charge is 0.497 e. The minimum Gasteiger partial charge on any atom is -0.497 e. The van der Waals surface area contributed by atoms with Gasteiger partial charge in [-0.1, -0.05) is 18.2 Å². The number of fused-ring (bicyclic) bond motifs is 1. The highest BCUT2D eigenvalue weighted by molar-refractivity contribution is 5.85. The Kier molecular flexibility index (Phi) is 6.95. The number of pyridine rings is 1. The van der Waals surface area contributed by atoms with Crippen LogP contribution in [0.15, 0.2) is 53.5 Å². The van der Waals surface area contributed by atoms with E-state index >= 15 is 0 Å². The third kappa shape index (κ3) is 4.92. The fourth-order valence-electron chi connectivity index (χ4n) is 3.18. The maximum absolute atomic E-state index is 5.47. The summed E-state index contributed by atoms with van der Waals surface area (Å²) in [5, 5.41) is 7.87. The van der Waals surface area contributed by atoms with Gasteiger partial charge in [-0.15, -0.1) is 0 Å². The van der Waals surface area contributed by atoms with E-state index in [0.717, 1.165) is 39.3 Å². The van der Waals surface area contributed by atoms with Gasteiger partial charge in [-0.25, -0.2) is 4.98 Å². The lowest BCUT2D eigenvalue weighted by molar-refractivity contribution is 0.390. The lowest BCUT2D eigenvalue weighted by atomic mass is 10.1. The van der Waals surface area contributed by atoms with E-state index in [0.29, 0.717) is 19.0 Å². The number of para-hydroxylation sites is 1. The quantitative estimate of drug-likeness (QED) is 0.463. The number of aliphatic imine (C=N–C) groups is 1. The van der Waals surface area contributed by atoms with Crippen molar-refractivity contribution in [2.24, 2.45) is 4.99 Å². The van der Waals surface area contributed by atoms with Crippen molar-refractivity contribution in [1.82, 2.24) is 15.6 Å². The van der Waals surface area contributed by atoms with Crippen molar-refractivity contribution in [3.05, 3.63) is 59.7 Å². The number of hydrogen-bond acceptors (Lipinski definition) is 5. The highest BCUT2D eigenvalue weighted by atomic mass is 16.5. The Morgan fingerprint density at radius 3 is 2.37 bits per heavy atom. The van der Waals surface area contributed by atoms with Gasteiger partial charge in [-0.2, -0.15) is 0 Å². The summed E-state index contributed by atoms with van der Waals surface area (Å²) in [6.07, 6.45) is 0. The molecule has 0 radical (unpaired) electrons. The van der Waals surface area contributed by atoms with Gasteiger partial charge in [0.2, 0.25) is 0 Å². The van der Waals surface area contributed by atoms with Crippen molar-refractivity contribution in [2.45, 2.75) is 13.1 Å². The number of methoxy groups -OCH3 is 2. The van der Waals surface area contributed by atoms with Gasteiger partial charge in [0.05, 0.1) is 19.7 Å². The SMILES string of the molecule is CN=C(NCc1ccc(OC)cc1OC)NCc1cc(N(C)C)nc2ccccc12. The van der Waals surface area contributed by atoms with Gasteiger partial charge in [-0.05, 0) is 29.8 Å². The molecule has 0 saturated heterocycles. The summed E-state index contributed by atoms with van der Waals surface area (Å²) in [6.45, 7) is 1.20. The first-order valence-electron chi connectivity index (χ1n) is 9.77. The van der Waals surface area contributed by atoms with Crippen molar-refractivity contribution in [2.75, 3.05) is 40.3 Å². The molecule has 0 aliphatic carbocycles. The third-order valence-electron chi connectivity index (χ3n) is 4.86. The zero-order valence-corrected chi connectivity index (χ0v) is 18.2. The molecule has 0 atom stereocenters. The zero-order chi connectivity index (χ0) is 21.5. The van der Waals surface area contributed by atoms with E-state index < -0.39 is 0 Å². The number of guanidine groups is 1. The Morgan fingerprint density at radius 1 is 0.967 bits per heavy atom. The number of nitrogens with zero attached hydrogens (tertiary/aromatic N) is 3. The smallest absolute Gasteiger partial charge is 0.191 e. The zero-order valence-electron chi connectivity index (χ0n) is 18.2. The summed E-state index contributed by atoms with van der Waals surface area (Å²) in [5.74, 6) is 3.17. The van der Waals surface area contributed by atoms with Crippen molar-refractivity contribution in [3.63, 3.8) is 0 Å². The van der Waals surface area contributed by atoms with Crippen LogP contribution in [-0.4, -0.2) is 46.3 Å². The normalized spacial score (nSPS) is 11.3. The predicted octanol–water partition coefficient (Wildman–Crippen LogP) is 3.18. The number of ether oxygens (including phenoxy) is 2. The molecule has 0 bridgehead atoms. The molecule has 2 aromatic carbocycles. The van der Waals surface area contributed by atoms with E-state index in [9.17, 15) is 0 Å². The van der Waals surface area contributed by atoms with Crippen molar-refractivity contribution >= 4 is 22.7 Å². The van der Waals surface area contributed by atoms with Gasteiger partial charge >= 0.3 is 0 Å². The molecule has 2 N–H and O–H groups in total. The molecule has 0 unspecified atom stereocenters. The molecular formula is C23H29N5O2. The maximum atomic E-state index is 5.47. The van der Waals surface area contributed by atoms with Crippen LogP contribution in [0.1, 0.15) is 11.1 Å². The average Bonchev–Trinajstić information content (AvgIpc) is 2.78. The molecule has 30 heavy (non-hydrogen) atoms.